The minimum Gasteiger partial charge on any atom is -0.368 e. The standard InChI is InChI=1S/C15H20N6O/c1-10(2)8-16-14-9-17-21-15(20-14)19-13-6-4-5-12(7-13)18-11(3)22/h4-7,9-10H,8H2,1-3H3,(H,18,22)(H2,16,19,20,21). The van der Waals surface area contributed by atoms with E-state index in [1.165, 1.54) is 6.92 Å². The molecule has 2 aromatic rings. The molecule has 7 nitrogen and oxygen atoms in total. The van der Waals surface area contributed by atoms with Gasteiger partial charge in [0.1, 0.15) is 0 Å². The van der Waals surface area contributed by atoms with Gasteiger partial charge in [0.15, 0.2) is 5.82 Å². The zero-order valence-corrected chi connectivity index (χ0v) is 12.9. The van der Waals surface area contributed by atoms with Crippen molar-refractivity contribution >= 4 is 29.0 Å². The topological polar surface area (TPSA) is 91.8 Å². The lowest BCUT2D eigenvalue weighted by Crippen LogP contribution is -2.11. The van der Waals surface area contributed by atoms with Crippen LogP contribution in [0.1, 0.15) is 20.8 Å². The number of nitrogens with one attached hydrogen (secondary N) is 3. The van der Waals surface area contributed by atoms with Gasteiger partial charge in [-0.1, -0.05) is 19.9 Å². The van der Waals surface area contributed by atoms with Crippen molar-refractivity contribution < 1.29 is 4.79 Å². The number of benzene rings is 1. The molecular formula is C15H20N6O. The molecule has 1 amide bonds. The minimum absolute atomic E-state index is 0.116. The summed E-state index contributed by atoms with van der Waals surface area (Å²) in [6.45, 7) is 6.52. The Morgan fingerprint density at radius 2 is 2.05 bits per heavy atom. The van der Waals surface area contributed by atoms with Gasteiger partial charge in [-0.25, -0.2) is 0 Å². The van der Waals surface area contributed by atoms with Crippen LogP contribution in [-0.4, -0.2) is 27.6 Å². The van der Waals surface area contributed by atoms with Crippen LogP contribution in [0.4, 0.5) is 23.1 Å². The summed E-state index contributed by atoms with van der Waals surface area (Å²) in [5.74, 6) is 1.47. The molecule has 1 aromatic heterocycles. The third-order valence-electron chi connectivity index (χ3n) is 2.69. The highest BCUT2D eigenvalue weighted by Gasteiger charge is 2.03. The third kappa shape index (κ3) is 5.01. The number of carbonyl (C=O) groups excluding carboxylic acids is 1. The number of hydrogen-bond acceptors (Lipinski definition) is 6. The summed E-state index contributed by atoms with van der Waals surface area (Å²) >= 11 is 0. The first-order valence-electron chi connectivity index (χ1n) is 7.11. The van der Waals surface area contributed by atoms with E-state index >= 15 is 0 Å². The summed E-state index contributed by atoms with van der Waals surface area (Å²) in [4.78, 5) is 15.4. The van der Waals surface area contributed by atoms with Gasteiger partial charge in [0.2, 0.25) is 11.9 Å². The second kappa shape index (κ2) is 7.35. The van der Waals surface area contributed by atoms with Crippen LogP contribution >= 0.6 is 0 Å². The highest BCUT2D eigenvalue weighted by molar-refractivity contribution is 5.89. The van der Waals surface area contributed by atoms with Crippen molar-refractivity contribution in [2.24, 2.45) is 5.92 Å². The number of nitrogens with zero attached hydrogens (tertiary/aromatic N) is 3. The fourth-order valence-corrected chi connectivity index (χ4v) is 1.76. The zero-order chi connectivity index (χ0) is 15.9. The van der Waals surface area contributed by atoms with E-state index in [1.807, 2.05) is 18.2 Å². The number of carbonyl (C=O) groups is 1. The fourth-order valence-electron chi connectivity index (χ4n) is 1.76. The van der Waals surface area contributed by atoms with Crippen LogP contribution in [0.15, 0.2) is 30.5 Å². The third-order valence-corrected chi connectivity index (χ3v) is 2.69. The lowest BCUT2D eigenvalue weighted by Gasteiger charge is -2.10. The van der Waals surface area contributed by atoms with E-state index in [0.717, 1.165) is 12.2 Å². The van der Waals surface area contributed by atoms with Gasteiger partial charge in [-0.15, -0.1) is 5.10 Å². The molecule has 0 fully saturated rings. The summed E-state index contributed by atoms with van der Waals surface area (Å²) in [6, 6.07) is 7.32. The average molecular weight is 300 g/mol. The Hall–Kier alpha value is -2.70. The highest BCUT2D eigenvalue weighted by Crippen LogP contribution is 2.18. The van der Waals surface area contributed by atoms with Crippen LogP contribution in [0, 0.1) is 5.92 Å². The predicted molar refractivity (Wildman–Crippen MR) is 87.2 cm³/mol. The quantitative estimate of drug-likeness (QED) is 0.759. The molecule has 0 aliphatic heterocycles. The number of anilines is 4. The van der Waals surface area contributed by atoms with Crippen molar-refractivity contribution in [2.75, 3.05) is 22.5 Å². The van der Waals surface area contributed by atoms with Crippen LogP contribution in [0.2, 0.25) is 0 Å². The van der Waals surface area contributed by atoms with Gasteiger partial charge in [0.05, 0.1) is 6.20 Å². The second-order valence-corrected chi connectivity index (χ2v) is 5.33. The molecule has 0 aliphatic rings. The van der Waals surface area contributed by atoms with Crippen LogP contribution in [-0.2, 0) is 4.79 Å². The smallest absolute Gasteiger partial charge is 0.249 e. The van der Waals surface area contributed by atoms with Gasteiger partial charge >= 0.3 is 0 Å². The molecule has 0 atom stereocenters. The maximum atomic E-state index is 11.1. The van der Waals surface area contributed by atoms with Crippen molar-refractivity contribution in [1.29, 1.82) is 0 Å². The van der Waals surface area contributed by atoms with Gasteiger partial charge in [-0.05, 0) is 24.1 Å². The maximum absolute atomic E-state index is 11.1. The first kappa shape index (κ1) is 15.7. The molecule has 3 N–H and O–H groups in total. The molecule has 7 heteroatoms. The molecule has 0 unspecified atom stereocenters. The largest absolute Gasteiger partial charge is 0.368 e. The Bertz CT molecular complexity index is 643. The summed E-state index contributed by atoms with van der Waals surface area (Å²) < 4.78 is 0. The van der Waals surface area contributed by atoms with Crippen LogP contribution in [0.3, 0.4) is 0 Å². The Labute approximate surface area is 129 Å². The normalized spacial score (nSPS) is 10.4. The van der Waals surface area contributed by atoms with Crippen molar-refractivity contribution in [2.45, 2.75) is 20.8 Å². The molecule has 1 heterocycles. The monoisotopic (exact) mass is 300 g/mol. The van der Waals surface area contributed by atoms with Crippen molar-refractivity contribution in [3.8, 4) is 0 Å². The van der Waals surface area contributed by atoms with Crippen molar-refractivity contribution in [3.05, 3.63) is 30.5 Å². The predicted octanol–water partition coefficient (Wildman–Crippen LogP) is 2.64. The fraction of sp³-hybridized carbons (Fsp3) is 0.333. The average Bonchev–Trinajstić information content (AvgIpc) is 2.45. The zero-order valence-electron chi connectivity index (χ0n) is 12.9. The SMILES string of the molecule is CC(=O)Nc1cccc(Nc2nncc(NCC(C)C)n2)c1. The Morgan fingerprint density at radius 3 is 2.77 bits per heavy atom. The molecule has 0 radical (unpaired) electrons. The lowest BCUT2D eigenvalue weighted by molar-refractivity contribution is -0.114. The lowest BCUT2D eigenvalue weighted by atomic mass is 10.2. The van der Waals surface area contributed by atoms with Gasteiger partial charge in [0.25, 0.3) is 0 Å². The van der Waals surface area contributed by atoms with E-state index in [1.54, 1.807) is 12.3 Å². The van der Waals surface area contributed by atoms with E-state index in [9.17, 15) is 4.79 Å². The number of aromatic nitrogens is 3. The molecule has 1 aromatic carbocycles. The number of hydrogen-bond donors (Lipinski definition) is 3. The Kier molecular flexibility index (Phi) is 5.24. The molecule has 0 aliphatic carbocycles. The van der Waals surface area contributed by atoms with E-state index in [-0.39, 0.29) is 5.91 Å². The number of amides is 1. The summed E-state index contributed by atoms with van der Waals surface area (Å²) in [5, 5.41) is 16.9. The van der Waals surface area contributed by atoms with Crippen molar-refractivity contribution in [3.63, 3.8) is 0 Å². The maximum Gasteiger partial charge on any atom is 0.249 e. The molecule has 0 saturated carbocycles. The summed E-state index contributed by atoms with van der Waals surface area (Å²) in [5.41, 5.74) is 1.48. The molecular weight excluding hydrogens is 280 g/mol. The summed E-state index contributed by atoms with van der Waals surface area (Å²) in [6.07, 6.45) is 1.58. The van der Waals surface area contributed by atoms with Crippen LogP contribution < -0.4 is 16.0 Å². The van der Waals surface area contributed by atoms with Gasteiger partial charge in [0, 0.05) is 24.8 Å². The molecule has 2 rings (SSSR count). The van der Waals surface area contributed by atoms with E-state index in [2.05, 4.69) is 45.0 Å². The second-order valence-electron chi connectivity index (χ2n) is 5.33. The van der Waals surface area contributed by atoms with Crippen LogP contribution in [0.5, 0.6) is 0 Å². The molecule has 0 spiro atoms. The first-order valence-corrected chi connectivity index (χ1v) is 7.11. The van der Waals surface area contributed by atoms with Crippen LogP contribution in [0.25, 0.3) is 0 Å². The van der Waals surface area contributed by atoms with Gasteiger partial charge in [-0.3, -0.25) is 4.79 Å². The van der Waals surface area contributed by atoms with E-state index < -0.39 is 0 Å². The molecule has 22 heavy (non-hydrogen) atoms. The van der Waals surface area contributed by atoms with E-state index in [0.29, 0.717) is 23.4 Å². The Morgan fingerprint density at radius 1 is 1.27 bits per heavy atom. The molecule has 116 valence electrons. The first-order chi connectivity index (χ1) is 10.5. The van der Waals surface area contributed by atoms with Gasteiger partial charge in [-0.2, -0.15) is 10.1 Å². The highest BCUT2D eigenvalue weighted by atomic mass is 16.1. The van der Waals surface area contributed by atoms with Crippen molar-refractivity contribution in [1.82, 2.24) is 15.2 Å². The Balaban J connectivity index is 2.07. The van der Waals surface area contributed by atoms with Gasteiger partial charge < -0.3 is 16.0 Å². The van der Waals surface area contributed by atoms with E-state index in [4.69, 9.17) is 0 Å². The number of rotatable bonds is 6. The molecule has 0 saturated heterocycles. The minimum atomic E-state index is -0.116. The summed E-state index contributed by atoms with van der Waals surface area (Å²) in [7, 11) is 0. The molecule has 0 bridgehead atoms.